The van der Waals surface area contributed by atoms with Crippen molar-refractivity contribution in [3.05, 3.63) is 5.82 Å². The van der Waals surface area contributed by atoms with E-state index in [4.69, 9.17) is 14.6 Å². The van der Waals surface area contributed by atoms with Gasteiger partial charge in [0.05, 0.1) is 6.61 Å². The van der Waals surface area contributed by atoms with Crippen molar-refractivity contribution >= 4 is 11.9 Å². The van der Waals surface area contributed by atoms with Crippen molar-refractivity contribution in [3.8, 4) is 0 Å². The van der Waals surface area contributed by atoms with Crippen LogP contribution in [-0.2, 0) is 20.7 Å². The molecule has 12 heteroatoms. The first-order valence-corrected chi connectivity index (χ1v) is 11.6. The number of ether oxygens (including phenoxy) is 1. The predicted molar refractivity (Wildman–Crippen MR) is 112 cm³/mol. The second kappa shape index (κ2) is 12.9. The van der Waals surface area contributed by atoms with Crippen molar-refractivity contribution in [1.82, 2.24) is 25.9 Å². The van der Waals surface area contributed by atoms with Gasteiger partial charge >= 0.3 is 18.1 Å². The van der Waals surface area contributed by atoms with Crippen molar-refractivity contribution in [1.29, 1.82) is 0 Å². The van der Waals surface area contributed by atoms with E-state index in [1.807, 2.05) is 0 Å². The predicted octanol–water partition coefficient (Wildman–Crippen LogP) is 3.14. The van der Waals surface area contributed by atoms with Crippen LogP contribution in [0.15, 0.2) is 0 Å². The Morgan fingerprint density at radius 3 is 2.45 bits per heavy atom. The van der Waals surface area contributed by atoms with Gasteiger partial charge in [0.15, 0.2) is 5.82 Å². The molecule has 1 saturated heterocycles. The fourth-order valence-electron chi connectivity index (χ4n) is 4.55. The number of esters is 1. The van der Waals surface area contributed by atoms with Crippen molar-refractivity contribution in [2.45, 2.75) is 77.4 Å². The molecule has 0 radical (unpaired) electrons. The van der Waals surface area contributed by atoms with Gasteiger partial charge in [-0.3, -0.25) is 4.79 Å². The summed E-state index contributed by atoms with van der Waals surface area (Å²) in [6.45, 7) is 5.82. The minimum atomic E-state index is -5.08. The van der Waals surface area contributed by atoms with Gasteiger partial charge in [-0.1, -0.05) is 38.3 Å². The van der Waals surface area contributed by atoms with Gasteiger partial charge in [0.1, 0.15) is 6.04 Å². The van der Waals surface area contributed by atoms with E-state index < -0.39 is 12.1 Å². The summed E-state index contributed by atoms with van der Waals surface area (Å²) < 4.78 is 37.3. The smallest absolute Gasteiger partial charge is 0.475 e. The number of carboxylic acids is 1. The number of nitrogens with zero attached hydrogens (tertiary/aromatic N) is 3. The molecule has 2 fully saturated rings. The molecule has 33 heavy (non-hydrogen) atoms. The van der Waals surface area contributed by atoms with Gasteiger partial charge in [0.2, 0.25) is 0 Å². The van der Waals surface area contributed by atoms with Gasteiger partial charge in [-0.2, -0.15) is 18.4 Å². The van der Waals surface area contributed by atoms with Gasteiger partial charge in [0.25, 0.3) is 0 Å². The molecule has 4 atom stereocenters. The Kier molecular flexibility index (Phi) is 10.5. The highest BCUT2D eigenvalue weighted by Gasteiger charge is 2.39. The Hall–Kier alpha value is -2.24. The molecule has 1 aromatic rings. The summed E-state index contributed by atoms with van der Waals surface area (Å²) in [5, 5.41) is 24.8. The number of halogens is 3. The first-order valence-electron chi connectivity index (χ1n) is 11.6. The van der Waals surface area contributed by atoms with Crippen LogP contribution in [0.5, 0.6) is 0 Å². The minimum Gasteiger partial charge on any atom is -0.475 e. The summed E-state index contributed by atoms with van der Waals surface area (Å²) in [4.78, 5) is 21.4. The van der Waals surface area contributed by atoms with E-state index in [0.29, 0.717) is 30.3 Å². The van der Waals surface area contributed by atoms with Crippen LogP contribution in [0.25, 0.3) is 0 Å². The molecule has 1 aromatic heterocycles. The highest BCUT2D eigenvalue weighted by Crippen LogP contribution is 2.40. The molecule has 1 saturated carbocycles. The number of hydrogen-bond donors (Lipinski definition) is 3. The zero-order valence-corrected chi connectivity index (χ0v) is 19.1. The SMILES string of the molecule is CCC(CC)COC(=O)[C@@H]1C[C@H]2C[C@@H](CCc3nn[nH]n3)CC[C@H]2CN1.O=C(O)C(F)(F)F. The van der Waals surface area contributed by atoms with Crippen LogP contribution in [0.3, 0.4) is 0 Å². The lowest BCUT2D eigenvalue weighted by atomic mass is 9.69. The summed E-state index contributed by atoms with van der Waals surface area (Å²) >= 11 is 0. The van der Waals surface area contributed by atoms with Crippen molar-refractivity contribution < 1.29 is 32.6 Å². The number of carbonyl (C=O) groups excluding carboxylic acids is 1. The van der Waals surface area contributed by atoms with Gasteiger partial charge in [-0.15, -0.1) is 10.2 Å². The number of H-pyrrole nitrogens is 1. The molecule has 0 bridgehead atoms. The number of aromatic amines is 1. The number of nitrogens with one attached hydrogen (secondary N) is 2. The van der Waals surface area contributed by atoms with Crippen LogP contribution in [0.2, 0.25) is 0 Å². The lowest BCUT2D eigenvalue weighted by molar-refractivity contribution is -0.192. The maximum Gasteiger partial charge on any atom is 0.490 e. The number of aliphatic carboxylic acids is 1. The number of carbonyl (C=O) groups is 2. The molecule has 188 valence electrons. The Balaban J connectivity index is 0.000000479. The average Bonchev–Trinajstić information content (AvgIpc) is 3.31. The molecule has 9 nitrogen and oxygen atoms in total. The molecule has 2 aliphatic rings. The molecular weight excluding hydrogens is 443 g/mol. The van der Waals surface area contributed by atoms with Crippen LogP contribution in [0.4, 0.5) is 13.2 Å². The van der Waals surface area contributed by atoms with Gasteiger partial charge < -0.3 is 15.2 Å². The molecule has 0 aromatic carbocycles. The topological polar surface area (TPSA) is 130 Å². The Labute approximate surface area is 191 Å². The summed E-state index contributed by atoms with van der Waals surface area (Å²) in [7, 11) is 0. The third-order valence-electron chi connectivity index (χ3n) is 6.72. The Bertz CT molecular complexity index is 728. The first kappa shape index (κ1) is 27.0. The van der Waals surface area contributed by atoms with E-state index in [0.717, 1.165) is 44.5 Å². The normalized spacial score (nSPS) is 25.0. The minimum absolute atomic E-state index is 0.0516. The summed E-state index contributed by atoms with van der Waals surface area (Å²) in [5.41, 5.74) is 0. The van der Waals surface area contributed by atoms with E-state index in [1.54, 1.807) is 0 Å². The van der Waals surface area contributed by atoms with Crippen molar-refractivity contribution in [2.75, 3.05) is 13.2 Å². The van der Waals surface area contributed by atoms with Crippen molar-refractivity contribution in [2.24, 2.45) is 23.7 Å². The van der Waals surface area contributed by atoms with Gasteiger partial charge in [-0.25, -0.2) is 4.79 Å². The van der Waals surface area contributed by atoms with E-state index in [9.17, 15) is 18.0 Å². The monoisotopic (exact) mass is 477 g/mol. The Morgan fingerprint density at radius 1 is 1.18 bits per heavy atom. The zero-order valence-electron chi connectivity index (χ0n) is 19.1. The summed E-state index contributed by atoms with van der Waals surface area (Å²) in [6.07, 6.45) is 3.70. The van der Waals surface area contributed by atoms with Crippen LogP contribution in [0, 0.1) is 23.7 Å². The molecular formula is C21H34F3N5O4. The molecule has 0 unspecified atom stereocenters. The molecule has 3 rings (SSSR count). The quantitative estimate of drug-likeness (QED) is 0.487. The summed E-state index contributed by atoms with van der Waals surface area (Å²) in [6, 6.07) is -0.124. The summed E-state index contributed by atoms with van der Waals surface area (Å²) in [5.74, 6) is 0.524. The lowest BCUT2D eigenvalue weighted by Crippen LogP contribution is -2.50. The van der Waals surface area contributed by atoms with E-state index in [2.05, 4.69) is 39.8 Å². The van der Waals surface area contributed by atoms with Gasteiger partial charge in [0, 0.05) is 6.42 Å². The standard InChI is InChI=1S/C19H33N5O2.C2HF3O2/c1-3-13(4-2)12-26-19(25)17-10-16-9-14(5-7-15(16)11-20-17)6-8-18-21-23-24-22-18;3-2(4,5)1(6)7/h13-17,20H,3-12H2,1-2H3,(H,21,22,23,24);(H,6,7)/t14-,15+,16-,17+;/m1./s1. The van der Waals surface area contributed by atoms with Gasteiger partial charge in [-0.05, 0) is 55.9 Å². The third kappa shape index (κ3) is 8.90. The highest BCUT2D eigenvalue weighted by molar-refractivity contribution is 5.76. The second-order valence-corrected chi connectivity index (χ2v) is 8.88. The number of hydrogen-bond acceptors (Lipinski definition) is 7. The lowest BCUT2D eigenvalue weighted by Gasteiger charge is -2.42. The number of tetrazole rings is 1. The fourth-order valence-corrected chi connectivity index (χ4v) is 4.55. The van der Waals surface area contributed by atoms with Crippen LogP contribution < -0.4 is 5.32 Å². The van der Waals surface area contributed by atoms with Crippen LogP contribution in [-0.4, -0.2) is 63.0 Å². The molecule has 0 amide bonds. The maximum atomic E-state index is 12.5. The molecule has 1 aliphatic heterocycles. The molecule has 2 heterocycles. The molecule has 0 spiro atoms. The Morgan fingerprint density at radius 2 is 1.88 bits per heavy atom. The third-order valence-corrected chi connectivity index (χ3v) is 6.72. The average molecular weight is 478 g/mol. The number of carboxylic acid groups (broad SMARTS) is 1. The number of alkyl halides is 3. The van der Waals surface area contributed by atoms with Crippen LogP contribution in [0.1, 0.15) is 64.6 Å². The number of aryl methyl sites for hydroxylation is 1. The maximum absolute atomic E-state index is 12.5. The van der Waals surface area contributed by atoms with E-state index in [-0.39, 0.29) is 12.0 Å². The molecule has 1 aliphatic carbocycles. The molecule has 3 N–H and O–H groups in total. The fraction of sp³-hybridized carbons (Fsp3) is 0.857. The second-order valence-electron chi connectivity index (χ2n) is 8.88. The number of aromatic nitrogens is 4. The van der Waals surface area contributed by atoms with E-state index >= 15 is 0 Å². The van der Waals surface area contributed by atoms with E-state index in [1.165, 1.54) is 19.3 Å². The van der Waals surface area contributed by atoms with Crippen LogP contribution >= 0.6 is 0 Å². The highest BCUT2D eigenvalue weighted by atomic mass is 19.4. The number of rotatable bonds is 8. The largest absolute Gasteiger partial charge is 0.490 e. The number of piperidine rings is 1. The van der Waals surface area contributed by atoms with Crippen molar-refractivity contribution in [3.63, 3.8) is 0 Å². The first-order chi connectivity index (χ1) is 15.6. The zero-order chi connectivity index (χ0) is 24.4. The number of fused-ring (bicyclic) bond motifs is 1.